The number of carbonyl (C=O) groups is 1. The first-order chi connectivity index (χ1) is 19.0. The number of benzene rings is 3. The quantitative estimate of drug-likeness (QED) is 0.307. The molecule has 1 unspecified atom stereocenters. The van der Waals surface area contributed by atoms with Crippen molar-refractivity contribution in [1.82, 2.24) is 9.80 Å². The number of amides is 1. The Labute approximate surface area is 239 Å². The minimum atomic E-state index is -0.843. The van der Waals surface area contributed by atoms with Gasteiger partial charge in [0.1, 0.15) is 5.75 Å². The van der Waals surface area contributed by atoms with Crippen LogP contribution in [0.3, 0.4) is 0 Å². The van der Waals surface area contributed by atoms with Crippen molar-refractivity contribution in [2.24, 2.45) is 5.41 Å². The third-order valence-corrected chi connectivity index (χ3v) is 8.91. The minimum Gasteiger partial charge on any atom is -0.493 e. The van der Waals surface area contributed by atoms with E-state index in [2.05, 4.69) is 107 Å². The summed E-state index contributed by atoms with van der Waals surface area (Å²) in [5.74, 6) is 0.954. The molecule has 0 radical (unpaired) electrons. The average molecular weight is 541 g/mol. The first-order valence-electron chi connectivity index (χ1n) is 14.7. The average Bonchev–Trinajstić information content (AvgIpc) is 2.91. The van der Waals surface area contributed by atoms with Crippen LogP contribution in [0, 0.1) is 12.3 Å². The number of ether oxygens (including phenoxy) is 1. The number of rotatable bonds is 7. The lowest BCUT2D eigenvalue weighted by molar-refractivity contribution is 0.0123. The molecule has 3 aromatic carbocycles. The zero-order valence-corrected chi connectivity index (χ0v) is 25.0. The van der Waals surface area contributed by atoms with E-state index < -0.39 is 6.09 Å². The Morgan fingerprint density at radius 1 is 1.00 bits per heavy atom. The van der Waals surface area contributed by atoms with E-state index >= 15 is 0 Å². The van der Waals surface area contributed by atoms with Crippen LogP contribution >= 0.6 is 0 Å². The van der Waals surface area contributed by atoms with Gasteiger partial charge in [-0.15, -0.1) is 0 Å². The fourth-order valence-corrected chi connectivity index (χ4v) is 6.47. The molecule has 5 heteroatoms. The maximum absolute atomic E-state index is 12.0. The van der Waals surface area contributed by atoms with Crippen LogP contribution in [-0.4, -0.2) is 52.8 Å². The summed E-state index contributed by atoms with van der Waals surface area (Å²) in [7, 11) is 0. The van der Waals surface area contributed by atoms with Crippen LogP contribution < -0.4 is 4.74 Å². The molecular formula is C35H44N2O3. The molecule has 0 aliphatic carbocycles. The second-order valence-electron chi connectivity index (χ2n) is 13.2. The highest BCUT2D eigenvalue weighted by molar-refractivity contribution is 5.76. The lowest BCUT2D eigenvalue weighted by Gasteiger charge is -2.48. The van der Waals surface area contributed by atoms with Gasteiger partial charge in [-0.1, -0.05) is 69.3 Å². The maximum Gasteiger partial charge on any atom is 0.407 e. The van der Waals surface area contributed by atoms with Gasteiger partial charge in [0.15, 0.2) is 0 Å². The van der Waals surface area contributed by atoms with E-state index in [0.29, 0.717) is 12.1 Å². The Morgan fingerprint density at radius 3 is 2.40 bits per heavy atom. The van der Waals surface area contributed by atoms with Gasteiger partial charge in [-0.2, -0.15) is 0 Å². The van der Waals surface area contributed by atoms with Gasteiger partial charge >= 0.3 is 6.09 Å². The lowest BCUT2D eigenvalue weighted by atomic mass is 9.76. The molecule has 0 spiro atoms. The van der Waals surface area contributed by atoms with E-state index in [9.17, 15) is 9.90 Å². The van der Waals surface area contributed by atoms with Gasteiger partial charge in [0.2, 0.25) is 0 Å². The van der Waals surface area contributed by atoms with Crippen molar-refractivity contribution < 1.29 is 14.6 Å². The Hall–Kier alpha value is -3.31. The monoisotopic (exact) mass is 540 g/mol. The fourth-order valence-electron chi connectivity index (χ4n) is 6.47. The summed E-state index contributed by atoms with van der Waals surface area (Å²) in [4.78, 5) is 16.1. The first kappa shape index (κ1) is 28.2. The molecule has 0 aromatic heterocycles. The molecule has 2 heterocycles. The molecule has 0 bridgehead atoms. The zero-order valence-electron chi connectivity index (χ0n) is 25.0. The second-order valence-corrected chi connectivity index (χ2v) is 13.2. The van der Waals surface area contributed by atoms with Crippen LogP contribution in [0.25, 0.3) is 22.3 Å². The topological polar surface area (TPSA) is 53.0 Å². The van der Waals surface area contributed by atoms with Crippen molar-refractivity contribution in [2.45, 2.75) is 72.4 Å². The van der Waals surface area contributed by atoms with Crippen LogP contribution in [0.5, 0.6) is 5.75 Å². The number of carboxylic acid groups (broad SMARTS) is 1. The summed E-state index contributed by atoms with van der Waals surface area (Å²) in [6, 6.07) is 21.4. The van der Waals surface area contributed by atoms with E-state index in [-0.39, 0.29) is 11.5 Å². The van der Waals surface area contributed by atoms with Gasteiger partial charge in [-0.3, -0.25) is 4.90 Å². The van der Waals surface area contributed by atoms with Crippen molar-refractivity contribution in [2.75, 3.05) is 26.2 Å². The van der Waals surface area contributed by atoms with Crippen LogP contribution in [0.15, 0.2) is 60.7 Å². The molecule has 1 saturated heterocycles. The molecule has 5 nitrogen and oxygen atoms in total. The van der Waals surface area contributed by atoms with E-state index in [1.807, 2.05) is 0 Å². The highest BCUT2D eigenvalue weighted by Crippen LogP contribution is 2.43. The van der Waals surface area contributed by atoms with Crippen LogP contribution in [0.4, 0.5) is 4.79 Å². The predicted octanol–water partition coefficient (Wildman–Crippen LogP) is 8.21. The molecular weight excluding hydrogens is 496 g/mol. The molecule has 212 valence electrons. The van der Waals surface area contributed by atoms with Gasteiger partial charge in [-0.05, 0) is 96.5 Å². The van der Waals surface area contributed by atoms with Gasteiger partial charge in [-0.25, -0.2) is 4.79 Å². The van der Waals surface area contributed by atoms with Crippen molar-refractivity contribution in [3.63, 3.8) is 0 Å². The smallest absolute Gasteiger partial charge is 0.407 e. The van der Waals surface area contributed by atoms with Crippen LogP contribution in [-0.2, 0) is 6.42 Å². The Kier molecular flexibility index (Phi) is 7.71. The highest BCUT2D eigenvalue weighted by atomic mass is 16.5. The van der Waals surface area contributed by atoms with Crippen molar-refractivity contribution in [3.05, 3.63) is 77.4 Å². The summed E-state index contributed by atoms with van der Waals surface area (Å²) in [6.45, 7) is 16.7. The number of hydrogen-bond acceptors (Lipinski definition) is 3. The number of nitrogens with zero attached hydrogens (tertiary/aromatic N) is 2. The molecule has 1 atom stereocenters. The van der Waals surface area contributed by atoms with Crippen LogP contribution in [0.2, 0.25) is 0 Å². The van der Waals surface area contributed by atoms with E-state index in [4.69, 9.17) is 4.74 Å². The normalized spacial score (nSPS) is 18.6. The summed E-state index contributed by atoms with van der Waals surface area (Å²) in [5, 5.41) is 9.84. The molecule has 1 fully saturated rings. The number of likely N-dealkylation sites (tertiary alicyclic amines) is 1. The maximum atomic E-state index is 12.0. The third kappa shape index (κ3) is 5.62. The van der Waals surface area contributed by atoms with Gasteiger partial charge in [0.05, 0.1) is 12.6 Å². The summed E-state index contributed by atoms with van der Waals surface area (Å²) >= 11 is 0. The fraction of sp³-hybridized carbons (Fsp3) is 0.457. The van der Waals surface area contributed by atoms with E-state index in [0.717, 1.165) is 54.0 Å². The van der Waals surface area contributed by atoms with E-state index in [1.54, 1.807) is 4.90 Å². The second kappa shape index (κ2) is 10.9. The number of fused-ring (bicyclic) bond motifs is 1. The lowest BCUT2D eigenvalue weighted by Crippen LogP contribution is -2.55. The minimum absolute atomic E-state index is 0.156. The Morgan fingerprint density at radius 2 is 1.73 bits per heavy atom. The summed E-state index contributed by atoms with van der Waals surface area (Å²) < 4.78 is 6.25. The van der Waals surface area contributed by atoms with Crippen molar-refractivity contribution in [1.29, 1.82) is 0 Å². The summed E-state index contributed by atoms with van der Waals surface area (Å²) in [6.07, 6.45) is 2.20. The largest absolute Gasteiger partial charge is 0.493 e. The van der Waals surface area contributed by atoms with Crippen molar-refractivity contribution >= 4 is 6.09 Å². The number of hydrogen-bond donors (Lipinski definition) is 1. The third-order valence-electron chi connectivity index (χ3n) is 8.91. The first-order valence-corrected chi connectivity index (χ1v) is 14.7. The van der Waals surface area contributed by atoms with Crippen LogP contribution in [0.1, 0.15) is 70.2 Å². The van der Waals surface area contributed by atoms with Gasteiger partial charge in [0.25, 0.3) is 0 Å². The predicted molar refractivity (Wildman–Crippen MR) is 163 cm³/mol. The molecule has 40 heavy (non-hydrogen) atoms. The van der Waals surface area contributed by atoms with Crippen molar-refractivity contribution in [3.8, 4) is 28.0 Å². The van der Waals surface area contributed by atoms with Gasteiger partial charge in [0, 0.05) is 25.2 Å². The molecule has 1 N–H and O–H groups in total. The summed E-state index contributed by atoms with van der Waals surface area (Å²) in [5.41, 5.74) is 8.37. The van der Waals surface area contributed by atoms with Gasteiger partial charge < -0.3 is 14.7 Å². The Bertz CT molecular complexity index is 1390. The molecule has 2 aliphatic heterocycles. The standard InChI is InChI=1S/C35H44N2O3/c1-24-29(12-8-13-31(24)40-21-9-18-36-20-17-35(36,5)6)27-11-7-10-25(22-27)26-14-15-30-28(23-26)16-19-37(33(38)39)32(30)34(2,3)4/h7-8,10-15,22-23,32H,9,16-21H2,1-6H3,(H,38,39). The highest BCUT2D eigenvalue weighted by Gasteiger charge is 2.38. The molecule has 5 rings (SSSR count). The Balaban J connectivity index is 1.35. The molecule has 2 aliphatic rings. The molecule has 0 saturated carbocycles. The van der Waals surface area contributed by atoms with E-state index in [1.165, 1.54) is 29.7 Å². The zero-order chi connectivity index (χ0) is 28.7. The molecule has 3 aromatic rings. The molecule has 1 amide bonds. The SMILES string of the molecule is Cc1c(OCCCN2CCC2(C)C)cccc1-c1cccc(-c2ccc3c(c2)CCN(C(=O)O)C3C(C)(C)C)c1.